The van der Waals surface area contributed by atoms with Gasteiger partial charge in [-0.3, -0.25) is 9.69 Å². The molecule has 0 aromatic carbocycles. The molecule has 1 unspecified atom stereocenters. The van der Waals surface area contributed by atoms with E-state index in [9.17, 15) is 13.2 Å². The van der Waals surface area contributed by atoms with Gasteiger partial charge in [0, 0.05) is 32.2 Å². The van der Waals surface area contributed by atoms with E-state index in [4.69, 9.17) is 0 Å². The summed E-state index contributed by atoms with van der Waals surface area (Å²) in [7, 11) is -3.11. The van der Waals surface area contributed by atoms with Gasteiger partial charge in [-0.15, -0.1) is 0 Å². The highest BCUT2D eigenvalue weighted by Gasteiger charge is 2.31. The summed E-state index contributed by atoms with van der Waals surface area (Å²) < 4.78 is 25.3. The van der Waals surface area contributed by atoms with E-state index in [1.165, 1.54) is 17.1 Å². The smallest absolute Gasteiger partial charge is 0.237 e. The van der Waals surface area contributed by atoms with Gasteiger partial charge in [0.05, 0.1) is 11.8 Å². The first-order chi connectivity index (χ1) is 10.8. The fourth-order valence-corrected chi connectivity index (χ4v) is 4.53. The number of nitrogens with one attached hydrogen (secondary N) is 1. The third kappa shape index (κ3) is 4.90. The van der Waals surface area contributed by atoms with Crippen molar-refractivity contribution in [1.29, 1.82) is 0 Å². The summed E-state index contributed by atoms with van der Waals surface area (Å²) in [5, 5.41) is 3.18. The number of amides is 1. The lowest BCUT2D eigenvalue weighted by molar-refractivity contribution is -0.127. The van der Waals surface area contributed by atoms with Crippen molar-refractivity contribution in [2.75, 3.05) is 31.9 Å². The zero-order chi connectivity index (χ0) is 17.0. The molecule has 1 heterocycles. The van der Waals surface area contributed by atoms with Crippen LogP contribution in [0.3, 0.4) is 0 Å². The van der Waals surface area contributed by atoms with Crippen LogP contribution in [0.25, 0.3) is 0 Å². The number of nitrogens with zero attached hydrogens (tertiary/aromatic N) is 2. The highest BCUT2D eigenvalue weighted by atomic mass is 32.2. The highest BCUT2D eigenvalue weighted by molar-refractivity contribution is 7.89. The summed E-state index contributed by atoms with van der Waals surface area (Å²) in [4.78, 5) is 14.5. The molecule has 1 aliphatic carbocycles. The molecule has 1 atom stereocenters. The van der Waals surface area contributed by atoms with Crippen LogP contribution in [0.1, 0.15) is 46.5 Å². The summed E-state index contributed by atoms with van der Waals surface area (Å²) in [6.45, 7) is 8.06. The first-order valence-corrected chi connectivity index (χ1v) is 10.5. The first kappa shape index (κ1) is 18.7. The largest absolute Gasteiger partial charge is 0.352 e. The SMILES string of the molecule is CCS(=O)(=O)N1CCN(C(C)C(=O)NC2CCC(C)CC2)CC1. The second kappa shape index (κ2) is 7.94. The van der Waals surface area contributed by atoms with Gasteiger partial charge in [-0.2, -0.15) is 4.31 Å². The summed E-state index contributed by atoms with van der Waals surface area (Å²) in [6, 6.07) is 0.115. The van der Waals surface area contributed by atoms with E-state index in [0.29, 0.717) is 32.2 Å². The maximum Gasteiger partial charge on any atom is 0.237 e. The molecule has 0 spiro atoms. The molecule has 0 bridgehead atoms. The van der Waals surface area contributed by atoms with Crippen molar-refractivity contribution < 1.29 is 13.2 Å². The van der Waals surface area contributed by atoms with Gasteiger partial charge in [0.1, 0.15) is 0 Å². The maximum atomic E-state index is 12.4. The Hall–Kier alpha value is -0.660. The molecule has 0 aromatic heterocycles. The molecule has 23 heavy (non-hydrogen) atoms. The van der Waals surface area contributed by atoms with Gasteiger partial charge >= 0.3 is 0 Å². The van der Waals surface area contributed by atoms with E-state index in [0.717, 1.165) is 18.8 Å². The zero-order valence-electron chi connectivity index (χ0n) is 14.6. The predicted molar refractivity (Wildman–Crippen MR) is 91.6 cm³/mol. The third-order valence-corrected chi connectivity index (χ3v) is 7.20. The summed E-state index contributed by atoms with van der Waals surface area (Å²) in [6.07, 6.45) is 4.52. The van der Waals surface area contributed by atoms with Crippen LogP contribution in [0.15, 0.2) is 0 Å². The Morgan fingerprint density at radius 2 is 1.70 bits per heavy atom. The molecule has 1 amide bonds. The molecule has 6 nitrogen and oxygen atoms in total. The van der Waals surface area contributed by atoms with E-state index in [1.807, 2.05) is 6.92 Å². The number of carbonyl (C=O) groups excluding carboxylic acids is 1. The average molecular weight is 346 g/mol. The van der Waals surface area contributed by atoms with Gasteiger partial charge in [-0.1, -0.05) is 6.92 Å². The fraction of sp³-hybridized carbons (Fsp3) is 0.938. The van der Waals surface area contributed by atoms with Crippen molar-refractivity contribution in [3.05, 3.63) is 0 Å². The van der Waals surface area contributed by atoms with Gasteiger partial charge in [-0.25, -0.2) is 8.42 Å². The molecule has 0 aromatic rings. The molecule has 2 fully saturated rings. The van der Waals surface area contributed by atoms with Crippen LogP contribution < -0.4 is 5.32 Å². The Morgan fingerprint density at radius 3 is 2.22 bits per heavy atom. The van der Waals surface area contributed by atoms with Crippen LogP contribution in [-0.2, 0) is 14.8 Å². The Labute approximate surface area is 140 Å². The number of hydrogen-bond acceptors (Lipinski definition) is 4. The lowest BCUT2D eigenvalue weighted by Gasteiger charge is -2.37. The molecule has 2 aliphatic rings. The Kier molecular flexibility index (Phi) is 6.45. The van der Waals surface area contributed by atoms with Crippen LogP contribution >= 0.6 is 0 Å². The number of sulfonamides is 1. The van der Waals surface area contributed by atoms with Crippen LogP contribution in [-0.4, -0.2) is 67.5 Å². The molecule has 1 N–H and O–H groups in total. The summed E-state index contributed by atoms with van der Waals surface area (Å²) in [5.41, 5.74) is 0. The van der Waals surface area contributed by atoms with Crippen LogP contribution in [0.4, 0.5) is 0 Å². The van der Waals surface area contributed by atoms with Gasteiger partial charge in [0.25, 0.3) is 0 Å². The molecule has 1 saturated heterocycles. The second-order valence-electron chi connectivity index (χ2n) is 6.98. The normalized spacial score (nSPS) is 29.2. The molecule has 7 heteroatoms. The van der Waals surface area contributed by atoms with Crippen molar-refractivity contribution in [2.45, 2.75) is 58.5 Å². The van der Waals surface area contributed by atoms with Crippen molar-refractivity contribution in [3.8, 4) is 0 Å². The summed E-state index contributed by atoms with van der Waals surface area (Å²) in [5.74, 6) is 0.994. The second-order valence-corrected chi connectivity index (χ2v) is 9.23. The Balaban J connectivity index is 1.80. The number of hydrogen-bond donors (Lipinski definition) is 1. The molecular formula is C16H31N3O3S. The van der Waals surface area contributed by atoms with E-state index < -0.39 is 10.0 Å². The maximum absolute atomic E-state index is 12.4. The lowest BCUT2D eigenvalue weighted by Crippen LogP contribution is -2.56. The van der Waals surface area contributed by atoms with Crippen molar-refractivity contribution >= 4 is 15.9 Å². The minimum atomic E-state index is -3.11. The topological polar surface area (TPSA) is 69.7 Å². The minimum absolute atomic E-state index is 0.0800. The van der Waals surface area contributed by atoms with Crippen molar-refractivity contribution in [1.82, 2.24) is 14.5 Å². The third-order valence-electron chi connectivity index (χ3n) is 5.32. The average Bonchev–Trinajstić information content (AvgIpc) is 2.56. The van der Waals surface area contributed by atoms with E-state index in [2.05, 4.69) is 17.1 Å². The van der Waals surface area contributed by atoms with Gasteiger partial charge < -0.3 is 5.32 Å². The number of piperazine rings is 1. The number of carbonyl (C=O) groups is 1. The van der Waals surface area contributed by atoms with E-state index >= 15 is 0 Å². The standard InChI is InChI=1S/C16H31N3O3S/c1-4-23(21,22)19-11-9-18(10-12-19)14(3)16(20)17-15-7-5-13(2)6-8-15/h13-15H,4-12H2,1-3H3,(H,17,20). The molecule has 134 valence electrons. The van der Waals surface area contributed by atoms with Gasteiger partial charge in [-0.05, 0) is 45.4 Å². The van der Waals surface area contributed by atoms with E-state index in [1.54, 1.807) is 6.92 Å². The monoisotopic (exact) mass is 345 g/mol. The van der Waals surface area contributed by atoms with Crippen LogP contribution in [0.2, 0.25) is 0 Å². The fourth-order valence-electron chi connectivity index (χ4n) is 3.44. The molecule has 1 saturated carbocycles. The molecule has 2 rings (SSSR count). The molecular weight excluding hydrogens is 314 g/mol. The molecule has 0 radical (unpaired) electrons. The summed E-state index contributed by atoms with van der Waals surface area (Å²) >= 11 is 0. The minimum Gasteiger partial charge on any atom is -0.352 e. The zero-order valence-corrected chi connectivity index (χ0v) is 15.4. The molecule has 1 aliphatic heterocycles. The predicted octanol–water partition coefficient (Wildman–Crippen LogP) is 1.04. The number of rotatable bonds is 5. The quantitative estimate of drug-likeness (QED) is 0.808. The van der Waals surface area contributed by atoms with Gasteiger partial charge in [0.15, 0.2) is 0 Å². The first-order valence-electron chi connectivity index (χ1n) is 8.85. The lowest BCUT2D eigenvalue weighted by atomic mass is 9.87. The van der Waals surface area contributed by atoms with Crippen LogP contribution in [0, 0.1) is 5.92 Å². The van der Waals surface area contributed by atoms with E-state index in [-0.39, 0.29) is 17.7 Å². The van der Waals surface area contributed by atoms with Crippen molar-refractivity contribution in [3.63, 3.8) is 0 Å². The van der Waals surface area contributed by atoms with Gasteiger partial charge in [0.2, 0.25) is 15.9 Å². The Bertz CT molecular complexity index is 493. The highest BCUT2D eigenvalue weighted by Crippen LogP contribution is 2.23. The van der Waals surface area contributed by atoms with Crippen molar-refractivity contribution in [2.24, 2.45) is 5.92 Å². The Morgan fingerprint density at radius 1 is 1.13 bits per heavy atom. The van der Waals surface area contributed by atoms with Crippen LogP contribution in [0.5, 0.6) is 0 Å².